The maximum atomic E-state index is 14.0. The van der Waals surface area contributed by atoms with E-state index in [4.69, 9.17) is 38.4 Å². The Morgan fingerprint density at radius 3 is 1.30 bits per heavy atom. The van der Waals surface area contributed by atoms with E-state index in [0.29, 0.717) is 58.4 Å². The summed E-state index contributed by atoms with van der Waals surface area (Å²) in [5, 5.41) is 0. The second-order valence-electron chi connectivity index (χ2n) is 17.7. The fourth-order valence-electron chi connectivity index (χ4n) is 8.93. The topological polar surface area (TPSA) is 130 Å². The van der Waals surface area contributed by atoms with Crippen LogP contribution in [-0.2, 0) is 28.4 Å². The Labute approximate surface area is 407 Å². The number of hydrogen-bond donors (Lipinski definition) is 2. The van der Waals surface area contributed by atoms with Crippen LogP contribution in [0.4, 0.5) is 0 Å². The summed E-state index contributed by atoms with van der Waals surface area (Å²) in [4.78, 5) is 32.5. The van der Waals surface area contributed by atoms with Crippen LogP contribution in [0.25, 0.3) is 90.9 Å². The molecule has 8 bridgehead atoms. The monoisotopic (exact) mass is 932 g/mol. The maximum absolute atomic E-state index is 14.0. The molecule has 1 fully saturated rings. The van der Waals surface area contributed by atoms with Gasteiger partial charge in [-0.3, -0.25) is 0 Å². The molecule has 1 atom stereocenters. The number of H-pyrrole nitrogens is 2. The number of carbonyl (C=O) groups excluding carboxylic acids is 1. The van der Waals surface area contributed by atoms with E-state index in [-0.39, 0.29) is 13.2 Å². The summed E-state index contributed by atoms with van der Waals surface area (Å²) in [6, 6.07) is 41.7. The van der Waals surface area contributed by atoms with Gasteiger partial charge < -0.3 is 38.4 Å². The van der Waals surface area contributed by atoms with Crippen LogP contribution in [0.1, 0.15) is 49.8 Å². The minimum absolute atomic E-state index is 0.00515. The molecule has 6 heterocycles. The number of hydrogen-bond acceptors (Lipinski definition) is 9. The van der Waals surface area contributed by atoms with E-state index in [1.807, 2.05) is 18.2 Å². The zero-order chi connectivity index (χ0) is 47.8. The Hall–Kier alpha value is -7.25. The van der Waals surface area contributed by atoms with Crippen molar-refractivity contribution in [3.8, 4) is 44.5 Å². The first-order valence-corrected chi connectivity index (χ1v) is 23.9. The molecule has 0 radical (unpaired) electrons. The van der Waals surface area contributed by atoms with Crippen LogP contribution in [0.3, 0.4) is 0 Å². The summed E-state index contributed by atoms with van der Waals surface area (Å²) in [7, 11) is 0. The highest BCUT2D eigenvalue weighted by molar-refractivity contribution is 6.00. The van der Waals surface area contributed by atoms with Crippen molar-refractivity contribution >= 4 is 52.3 Å². The predicted octanol–water partition coefficient (Wildman–Crippen LogP) is 11.9. The van der Waals surface area contributed by atoms with Gasteiger partial charge in [0.25, 0.3) is 0 Å². The summed E-state index contributed by atoms with van der Waals surface area (Å²) in [5.74, 6) is -0.484. The van der Waals surface area contributed by atoms with E-state index in [1.54, 1.807) is 6.07 Å². The van der Waals surface area contributed by atoms with E-state index < -0.39 is 12.1 Å². The maximum Gasteiger partial charge on any atom is 0.338 e. The van der Waals surface area contributed by atoms with Gasteiger partial charge in [-0.15, -0.1) is 0 Å². The number of aromatic amines is 2. The number of aromatic nitrogens is 4. The quantitative estimate of drug-likeness (QED) is 0.150. The summed E-state index contributed by atoms with van der Waals surface area (Å²) in [6.45, 7) is 9.90. The molecule has 10 rings (SSSR count). The molecule has 7 aromatic rings. The summed E-state index contributed by atoms with van der Waals surface area (Å²) < 4.78 is 34.6. The first kappa shape index (κ1) is 46.5. The van der Waals surface area contributed by atoms with Crippen molar-refractivity contribution in [1.29, 1.82) is 0 Å². The lowest BCUT2D eigenvalue weighted by atomic mass is 10.0. The average Bonchev–Trinajstić information content (AvgIpc) is 4.23. The molecule has 3 aromatic heterocycles. The number of carbonyl (C=O) groups is 1. The van der Waals surface area contributed by atoms with Gasteiger partial charge in [-0.1, -0.05) is 102 Å². The highest BCUT2D eigenvalue weighted by Crippen LogP contribution is 2.39. The van der Waals surface area contributed by atoms with Crippen molar-refractivity contribution in [2.24, 2.45) is 0 Å². The van der Waals surface area contributed by atoms with Crippen LogP contribution in [0.15, 0.2) is 121 Å². The van der Waals surface area contributed by atoms with Gasteiger partial charge in [0, 0.05) is 44.3 Å². The fourth-order valence-corrected chi connectivity index (χ4v) is 8.93. The van der Waals surface area contributed by atoms with Crippen molar-refractivity contribution in [1.82, 2.24) is 19.9 Å². The van der Waals surface area contributed by atoms with Gasteiger partial charge in [-0.05, 0) is 104 Å². The van der Waals surface area contributed by atoms with Crippen molar-refractivity contribution in [2.45, 2.75) is 26.9 Å². The smallest absolute Gasteiger partial charge is 0.338 e. The van der Waals surface area contributed by atoms with E-state index in [9.17, 15) is 4.79 Å². The Morgan fingerprint density at radius 2 is 0.871 bits per heavy atom. The molecule has 4 aromatic carbocycles. The number of benzene rings is 4. The number of ether oxygens (including phenoxy) is 6. The molecule has 0 amide bonds. The molecular formula is C59H56N4O7. The highest BCUT2D eigenvalue weighted by atomic mass is 16.6. The SMILES string of the molecule is Cc1ccc(-c2c3nc(c(-c4ccc(C)cc4)c4ccc([nH]4)c(-c4cccc(C(=O)OCC5COCCOCCOCCOCCO5)c4)c4nc(c(-c5ccc(C)cc5)c5ccc2[nH]5)C=C4)C=C3)cc1. The second kappa shape index (κ2) is 21.6. The third kappa shape index (κ3) is 10.6. The standard InChI is InChI=1S/C59H56N4O7/c1-38-7-13-41(14-8-38)55-47-19-21-49(60-47)56(42-15-9-39(2)10-16-42)51-23-25-53(62-51)58(54-26-24-52(63-54)57(50-22-20-48(55)61-50)43-17-11-40(3)12-18-43)44-5-4-6-45(35-44)59(64)70-37-46-36-68-32-31-66-28-27-65-29-30-67-33-34-69-46/h4-26,35,46,60,63H,27-34,36-37H2,1-3H3. The van der Waals surface area contributed by atoms with Gasteiger partial charge in [0.2, 0.25) is 0 Å². The zero-order valence-corrected chi connectivity index (χ0v) is 39.8. The second-order valence-corrected chi connectivity index (χ2v) is 17.7. The Bertz CT molecular complexity index is 3160. The number of nitrogens with zero attached hydrogens (tertiary/aromatic N) is 2. The molecule has 0 aliphatic carbocycles. The van der Waals surface area contributed by atoms with Gasteiger partial charge in [0.15, 0.2) is 0 Å². The van der Waals surface area contributed by atoms with Gasteiger partial charge in [0.05, 0.1) is 87.8 Å². The molecule has 3 aliphatic rings. The minimum atomic E-state index is -0.502. The van der Waals surface area contributed by atoms with E-state index in [2.05, 4.69) is 152 Å². The van der Waals surface area contributed by atoms with Crippen LogP contribution in [0, 0.1) is 20.8 Å². The largest absolute Gasteiger partial charge is 0.459 e. The zero-order valence-electron chi connectivity index (χ0n) is 39.8. The Kier molecular flexibility index (Phi) is 14.3. The molecule has 70 heavy (non-hydrogen) atoms. The molecule has 11 heteroatoms. The summed E-state index contributed by atoms with van der Waals surface area (Å²) in [5.41, 5.74) is 18.3. The first-order chi connectivity index (χ1) is 34.3. The third-order valence-electron chi connectivity index (χ3n) is 12.6. The van der Waals surface area contributed by atoms with Crippen LogP contribution in [0.2, 0.25) is 0 Å². The van der Waals surface area contributed by atoms with E-state index >= 15 is 0 Å². The summed E-state index contributed by atoms with van der Waals surface area (Å²) >= 11 is 0. The number of fused-ring (bicyclic) bond motifs is 8. The molecule has 0 saturated carbocycles. The molecule has 2 N–H and O–H groups in total. The molecule has 1 unspecified atom stereocenters. The van der Waals surface area contributed by atoms with Gasteiger partial charge in [-0.25, -0.2) is 14.8 Å². The van der Waals surface area contributed by atoms with Crippen LogP contribution in [-0.4, -0.2) is 98.1 Å². The number of aryl methyl sites for hydroxylation is 3. The molecule has 11 nitrogen and oxygen atoms in total. The molecule has 3 aliphatic heterocycles. The lowest BCUT2D eigenvalue weighted by Gasteiger charge is -2.18. The van der Waals surface area contributed by atoms with Crippen molar-refractivity contribution < 1.29 is 33.2 Å². The average molecular weight is 933 g/mol. The number of nitrogens with one attached hydrogen (secondary N) is 2. The molecular weight excluding hydrogens is 877 g/mol. The van der Waals surface area contributed by atoms with Crippen molar-refractivity contribution in [2.75, 3.05) is 66.1 Å². The highest BCUT2D eigenvalue weighted by Gasteiger charge is 2.21. The Balaban J connectivity index is 1.12. The van der Waals surface area contributed by atoms with E-state index in [1.165, 1.54) is 5.56 Å². The lowest BCUT2D eigenvalue weighted by Crippen LogP contribution is -2.29. The van der Waals surface area contributed by atoms with Gasteiger partial charge in [0.1, 0.15) is 12.7 Å². The van der Waals surface area contributed by atoms with Crippen LogP contribution >= 0.6 is 0 Å². The third-order valence-corrected chi connectivity index (χ3v) is 12.6. The number of rotatable bonds is 7. The van der Waals surface area contributed by atoms with Crippen molar-refractivity contribution in [3.63, 3.8) is 0 Å². The Morgan fingerprint density at radius 1 is 0.486 bits per heavy atom. The van der Waals surface area contributed by atoms with Crippen LogP contribution < -0.4 is 0 Å². The summed E-state index contributed by atoms with van der Waals surface area (Å²) in [6.07, 6.45) is 7.85. The normalized spacial score (nSPS) is 15.8. The fraction of sp³-hybridized carbons (Fsp3) is 0.237. The molecule has 0 spiro atoms. The minimum Gasteiger partial charge on any atom is -0.459 e. The van der Waals surface area contributed by atoms with E-state index in [0.717, 1.165) is 100 Å². The first-order valence-electron chi connectivity index (χ1n) is 23.9. The van der Waals surface area contributed by atoms with Crippen LogP contribution in [0.5, 0.6) is 0 Å². The van der Waals surface area contributed by atoms with Gasteiger partial charge >= 0.3 is 5.97 Å². The number of esters is 1. The molecule has 354 valence electrons. The lowest BCUT2D eigenvalue weighted by molar-refractivity contribution is -0.0689. The predicted molar refractivity (Wildman–Crippen MR) is 278 cm³/mol. The van der Waals surface area contributed by atoms with Gasteiger partial charge in [-0.2, -0.15) is 0 Å². The molecule has 1 saturated heterocycles. The van der Waals surface area contributed by atoms with Crippen molar-refractivity contribution in [3.05, 3.63) is 166 Å².